The van der Waals surface area contributed by atoms with Crippen LogP contribution < -0.4 is 5.73 Å². The van der Waals surface area contributed by atoms with Crippen LogP contribution in [0.2, 0.25) is 5.02 Å². The lowest BCUT2D eigenvalue weighted by Crippen LogP contribution is -2.20. The number of carboxylic acid groups (broad SMARTS) is 1. The van der Waals surface area contributed by atoms with Gasteiger partial charge in [0.15, 0.2) is 0 Å². The number of benzene rings is 1. The number of aromatic carboxylic acids is 1. The number of hydrogen-bond donors (Lipinski definition) is 4. The lowest BCUT2D eigenvalue weighted by molar-refractivity contribution is 0.0177. The Morgan fingerprint density at radius 3 is 2.56 bits per heavy atom. The van der Waals surface area contributed by atoms with Crippen LogP contribution in [0.4, 0.5) is 5.69 Å². The average Bonchev–Trinajstić information content (AvgIpc) is 2.30. The molecule has 0 saturated carbocycles. The van der Waals surface area contributed by atoms with E-state index in [1.807, 2.05) is 0 Å². The molecule has 0 bridgehead atoms. The van der Waals surface area contributed by atoms with Crippen molar-refractivity contribution in [1.29, 1.82) is 0 Å². The molecule has 0 saturated heterocycles. The standard InChI is InChI=1S/C11H13BrClNO4/c12-2-1-8(15)10(16)6-3-5(13)4-7(9(6)14)11(17)18/h3-4,8,10,15-16H,1-2,14H2,(H,17,18). The average molecular weight is 339 g/mol. The zero-order chi connectivity index (χ0) is 13.9. The van der Waals surface area contributed by atoms with Gasteiger partial charge < -0.3 is 21.1 Å². The summed E-state index contributed by atoms with van der Waals surface area (Å²) >= 11 is 8.91. The molecule has 1 aromatic rings. The second-order valence-electron chi connectivity index (χ2n) is 3.75. The van der Waals surface area contributed by atoms with E-state index in [0.717, 1.165) is 0 Å². The Bertz CT molecular complexity index is 455. The number of halogens is 2. The molecule has 18 heavy (non-hydrogen) atoms. The summed E-state index contributed by atoms with van der Waals surface area (Å²) in [6.45, 7) is 0. The highest BCUT2D eigenvalue weighted by molar-refractivity contribution is 9.09. The van der Waals surface area contributed by atoms with E-state index in [4.69, 9.17) is 22.4 Å². The van der Waals surface area contributed by atoms with Gasteiger partial charge in [-0.25, -0.2) is 4.79 Å². The third-order valence-corrected chi connectivity index (χ3v) is 3.17. The van der Waals surface area contributed by atoms with Gasteiger partial charge in [-0.15, -0.1) is 0 Å². The number of aliphatic hydroxyl groups is 2. The van der Waals surface area contributed by atoms with Gasteiger partial charge in [0.05, 0.1) is 17.4 Å². The van der Waals surface area contributed by atoms with Crippen molar-refractivity contribution >= 4 is 39.2 Å². The van der Waals surface area contributed by atoms with Crippen LogP contribution in [0.5, 0.6) is 0 Å². The lowest BCUT2D eigenvalue weighted by Gasteiger charge is -2.20. The Morgan fingerprint density at radius 2 is 2.06 bits per heavy atom. The van der Waals surface area contributed by atoms with Crippen molar-refractivity contribution in [3.63, 3.8) is 0 Å². The first-order chi connectivity index (χ1) is 8.38. The summed E-state index contributed by atoms with van der Waals surface area (Å²) in [5.41, 5.74) is 5.50. The van der Waals surface area contributed by atoms with Crippen molar-refractivity contribution in [2.24, 2.45) is 0 Å². The first-order valence-corrected chi connectivity index (χ1v) is 6.62. The number of aliphatic hydroxyl groups excluding tert-OH is 2. The number of nitrogen functional groups attached to an aromatic ring is 1. The number of hydrogen-bond acceptors (Lipinski definition) is 4. The van der Waals surface area contributed by atoms with E-state index in [1.165, 1.54) is 12.1 Å². The molecule has 1 rings (SSSR count). The predicted molar refractivity (Wildman–Crippen MR) is 72.2 cm³/mol. The summed E-state index contributed by atoms with van der Waals surface area (Å²) in [5, 5.41) is 29.2. The van der Waals surface area contributed by atoms with E-state index >= 15 is 0 Å². The largest absolute Gasteiger partial charge is 0.478 e. The number of nitrogens with two attached hydrogens (primary N) is 1. The molecule has 0 aliphatic carbocycles. The van der Waals surface area contributed by atoms with Crippen molar-refractivity contribution in [1.82, 2.24) is 0 Å². The second kappa shape index (κ2) is 6.38. The third kappa shape index (κ3) is 3.35. The van der Waals surface area contributed by atoms with Crippen LogP contribution in [-0.4, -0.2) is 32.7 Å². The monoisotopic (exact) mass is 337 g/mol. The molecule has 5 N–H and O–H groups in total. The molecule has 0 amide bonds. The molecule has 2 atom stereocenters. The Labute approximate surface area is 117 Å². The lowest BCUT2D eigenvalue weighted by atomic mass is 9.98. The van der Waals surface area contributed by atoms with Crippen molar-refractivity contribution in [3.8, 4) is 0 Å². The normalized spacial score (nSPS) is 14.2. The van der Waals surface area contributed by atoms with Gasteiger partial charge in [-0.3, -0.25) is 0 Å². The molecule has 0 spiro atoms. The molecule has 100 valence electrons. The summed E-state index contributed by atoms with van der Waals surface area (Å²) in [4.78, 5) is 11.0. The van der Waals surface area contributed by atoms with E-state index in [2.05, 4.69) is 15.9 Å². The van der Waals surface area contributed by atoms with Crippen LogP contribution in [0.1, 0.15) is 28.4 Å². The number of carbonyl (C=O) groups is 1. The van der Waals surface area contributed by atoms with Gasteiger partial charge in [-0.2, -0.15) is 0 Å². The van der Waals surface area contributed by atoms with E-state index < -0.39 is 18.2 Å². The second-order valence-corrected chi connectivity index (χ2v) is 4.98. The van der Waals surface area contributed by atoms with E-state index in [9.17, 15) is 15.0 Å². The molecule has 7 heteroatoms. The molecule has 5 nitrogen and oxygen atoms in total. The van der Waals surface area contributed by atoms with Crippen molar-refractivity contribution in [2.45, 2.75) is 18.6 Å². The van der Waals surface area contributed by atoms with Crippen LogP contribution in [0, 0.1) is 0 Å². The summed E-state index contributed by atoms with van der Waals surface area (Å²) in [6.07, 6.45) is -2.03. The number of carboxylic acids is 1. The number of alkyl halides is 1. The Hall–Kier alpha value is -0.820. The summed E-state index contributed by atoms with van der Waals surface area (Å²) in [6, 6.07) is 2.55. The maximum atomic E-state index is 11.0. The van der Waals surface area contributed by atoms with Gasteiger partial charge >= 0.3 is 5.97 Å². The molecule has 0 aliphatic rings. The number of anilines is 1. The van der Waals surface area contributed by atoms with Gasteiger partial charge in [0.1, 0.15) is 6.10 Å². The van der Waals surface area contributed by atoms with Crippen LogP contribution in [-0.2, 0) is 0 Å². The fourth-order valence-electron chi connectivity index (χ4n) is 1.54. The first kappa shape index (κ1) is 15.2. The molecular formula is C11H13BrClNO4. The van der Waals surface area contributed by atoms with Gasteiger partial charge in [-0.1, -0.05) is 27.5 Å². The molecular weight excluding hydrogens is 325 g/mol. The highest BCUT2D eigenvalue weighted by Crippen LogP contribution is 2.31. The topological polar surface area (TPSA) is 104 Å². The van der Waals surface area contributed by atoms with E-state index in [0.29, 0.717) is 11.8 Å². The maximum absolute atomic E-state index is 11.0. The Kier molecular flexibility index (Phi) is 5.40. The number of rotatable bonds is 5. The van der Waals surface area contributed by atoms with Crippen LogP contribution >= 0.6 is 27.5 Å². The molecule has 0 aromatic heterocycles. The summed E-state index contributed by atoms with van der Waals surface area (Å²) < 4.78 is 0. The summed E-state index contributed by atoms with van der Waals surface area (Å²) in [5.74, 6) is -1.24. The third-order valence-electron chi connectivity index (χ3n) is 2.50. The van der Waals surface area contributed by atoms with Crippen molar-refractivity contribution in [2.75, 3.05) is 11.1 Å². The van der Waals surface area contributed by atoms with E-state index in [-0.39, 0.29) is 21.8 Å². The minimum absolute atomic E-state index is 0.0898. The van der Waals surface area contributed by atoms with Gasteiger partial charge in [0.2, 0.25) is 0 Å². The Morgan fingerprint density at radius 1 is 1.44 bits per heavy atom. The molecule has 0 heterocycles. The van der Waals surface area contributed by atoms with Gasteiger partial charge in [0.25, 0.3) is 0 Å². The SMILES string of the molecule is Nc1c(C(=O)O)cc(Cl)cc1C(O)C(O)CCBr. The molecule has 0 aliphatic heterocycles. The van der Waals surface area contributed by atoms with E-state index in [1.54, 1.807) is 0 Å². The molecule has 0 radical (unpaired) electrons. The highest BCUT2D eigenvalue weighted by atomic mass is 79.9. The fourth-order valence-corrected chi connectivity index (χ4v) is 2.23. The fraction of sp³-hybridized carbons (Fsp3) is 0.364. The quantitative estimate of drug-likeness (QED) is 0.484. The maximum Gasteiger partial charge on any atom is 0.337 e. The van der Waals surface area contributed by atoms with Crippen molar-refractivity contribution < 1.29 is 20.1 Å². The minimum Gasteiger partial charge on any atom is -0.478 e. The summed E-state index contributed by atoms with van der Waals surface area (Å²) in [7, 11) is 0. The Balaban J connectivity index is 3.19. The zero-order valence-electron chi connectivity index (χ0n) is 9.31. The van der Waals surface area contributed by atoms with Crippen molar-refractivity contribution in [3.05, 3.63) is 28.3 Å². The van der Waals surface area contributed by atoms with Crippen LogP contribution in [0.25, 0.3) is 0 Å². The highest BCUT2D eigenvalue weighted by Gasteiger charge is 2.23. The predicted octanol–water partition coefficient (Wildman–Crippen LogP) is 1.80. The van der Waals surface area contributed by atoms with Crippen LogP contribution in [0.15, 0.2) is 12.1 Å². The van der Waals surface area contributed by atoms with Gasteiger partial charge in [-0.05, 0) is 18.6 Å². The zero-order valence-corrected chi connectivity index (χ0v) is 11.6. The minimum atomic E-state index is -1.28. The molecule has 0 fully saturated rings. The first-order valence-electron chi connectivity index (χ1n) is 5.12. The van der Waals surface area contributed by atoms with Gasteiger partial charge in [0, 0.05) is 15.9 Å². The smallest absolute Gasteiger partial charge is 0.337 e. The molecule has 2 unspecified atom stereocenters. The van der Waals surface area contributed by atoms with Crippen LogP contribution in [0.3, 0.4) is 0 Å². The molecule has 1 aromatic carbocycles.